The van der Waals surface area contributed by atoms with E-state index < -0.39 is 5.69 Å². The van der Waals surface area contributed by atoms with Crippen LogP contribution in [0.1, 0.15) is 26.4 Å². The van der Waals surface area contributed by atoms with Crippen molar-refractivity contribution < 1.29 is 19.0 Å². The van der Waals surface area contributed by atoms with Crippen molar-refractivity contribution in [3.8, 4) is 17.2 Å². The number of aryl methyl sites for hydroxylation is 1. The van der Waals surface area contributed by atoms with Crippen LogP contribution >= 0.6 is 11.3 Å². The van der Waals surface area contributed by atoms with Crippen LogP contribution in [-0.2, 0) is 13.1 Å². The number of benzene rings is 2. The van der Waals surface area contributed by atoms with Gasteiger partial charge in [0.15, 0.2) is 11.5 Å². The van der Waals surface area contributed by atoms with Gasteiger partial charge in [0.2, 0.25) is 6.79 Å². The molecule has 1 aliphatic heterocycles. The number of carbonyl (C=O) groups is 1. The minimum Gasteiger partial charge on any atom is -0.497 e. The highest BCUT2D eigenvalue weighted by atomic mass is 32.1. The maximum absolute atomic E-state index is 13.1. The zero-order valence-corrected chi connectivity index (χ0v) is 19.3. The lowest BCUT2D eigenvalue weighted by Crippen LogP contribution is -2.38. The molecule has 174 valence electrons. The summed E-state index contributed by atoms with van der Waals surface area (Å²) < 4.78 is 18.4. The molecule has 0 radical (unpaired) electrons. The second-order valence-electron chi connectivity index (χ2n) is 7.79. The molecule has 2 aromatic carbocycles. The third-order valence-corrected chi connectivity index (χ3v) is 6.79. The van der Waals surface area contributed by atoms with E-state index in [1.165, 1.54) is 10.6 Å². The van der Waals surface area contributed by atoms with Crippen molar-refractivity contribution in [3.05, 3.63) is 91.1 Å². The second-order valence-corrected chi connectivity index (χ2v) is 8.82. The first-order chi connectivity index (χ1) is 16.4. The lowest BCUT2D eigenvalue weighted by atomic mass is 10.2. The van der Waals surface area contributed by atoms with Crippen LogP contribution in [-0.4, -0.2) is 28.8 Å². The number of methoxy groups -OCH3 is 1. The molecular weight excluding hydrogens is 458 g/mol. The molecule has 0 unspecified atom stereocenters. The summed E-state index contributed by atoms with van der Waals surface area (Å²) >= 11 is 1.11. The summed E-state index contributed by atoms with van der Waals surface area (Å²) in [6.07, 6.45) is 1.48. The van der Waals surface area contributed by atoms with E-state index in [4.69, 9.17) is 14.2 Å². The van der Waals surface area contributed by atoms with Crippen molar-refractivity contribution >= 4 is 22.1 Å². The SMILES string of the molecule is COc1cccc(Cn2c(=O)c(C)c3sc(C(=O)NCc4ccc5c(c4)OCO5)cn3c2=O)c1. The van der Waals surface area contributed by atoms with Crippen LogP contribution in [0.4, 0.5) is 0 Å². The normalized spacial score (nSPS) is 12.2. The van der Waals surface area contributed by atoms with Gasteiger partial charge in [0.1, 0.15) is 15.5 Å². The smallest absolute Gasteiger partial charge is 0.336 e. The van der Waals surface area contributed by atoms with Crippen LogP contribution < -0.4 is 30.8 Å². The molecule has 4 aromatic rings. The first kappa shape index (κ1) is 21.8. The van der Waals surface area contributed by atoms with Gasteiger partial charge in [0.05, 0.1) is 13.7 Å². The van der Waals surface area contributed by atoms with Gasteiger partial charge < -0.3 is 19.5 Å². The fourth-order valence-electron chi connectivity index (χ4n) is 3.78. The van der Waals surface area contributed by atoms with E-state index in [2.05, 4.69) is 5.32 Å². The first-order valence-electron chi connectivity index (χ1n) is 10.5. The van der Waals surface area contributed by atoms with Crippen LogP contribution in [0, 0.1) is 6.92 Å². The molecule has 2 aromatic heterocycles. The predicted octanol–water partition coefficient (Wildman–Crippen LogP) is 2.55. The summed E-state index contributed by atoms with van der Waals surface area (Å²) in [5, 5.41) is 2.85. The number of hydrogen-bond donors (Lipinski definition) is 1. The predicted molar refractivity (Wildman–Crippen MR) is 126 cm³/mol. The Morgan fingerprint density at radius 1 is 1.12 bits per heavy atom. The van der Waals surface area contributed by atoms with Crippen LogP contribution in [0.5, 0.6) is 17.2 Å². The maximum atomic E-state index is 13.1. The highest BCUT2D eigenvalue weighted by Crippen LogP contribution is 2.32. The summed E-state index contributed by atoms with van der Waals surface area (Å²) in [7, 11) is 1.56. The van der Waals surface area contributed by atoms with E-state index in [1.807, 2.05) is 18.2 Å². The molecule has 10 heteroatoms. The molecule has 0 fully saturated rings. The van der Waals surface area contributed by atoms with Crippen molar-refractivity contribution in [1.29, 1.82) is 0 Å². The van der Waals surface area contributed by atoms with E-state index in [1.54, 1.807) is 38.3 Å². The van der Waals surface area contributed by atoms with E-state index >= 15 is 0 Å². The van der Waals surface area contributed by atoms with Crippen molar-refractivity contribution in [3.63, 3.8) is 0 Å². The lowest BCUT2D eigenvalue weighted by Gasteiger charge is -2.08. The van der Waals surface area contributed by atoms with E-state index in [-0.39, 0.29) is 31.3 Å². The van der Waals surface area contributed by atoms with Crippen molar-refractivity contribution in [2.45, 2.75) is 20.0 Å². The summed E-state index contributed by atoms with van der Waals surface area (Å²) in [5.74, 6) is 1.61. The maximum Gasteiger partial charge on any atom is 0.336 e. The number of rotatable bonds is 6. The monoisotopic (exact) mass is 479 g/mol. The Hall–Kier alpha value is -4.05. The molecule has 0 spiro atoms. The highest BCUT2D eigenvalue weighted by Gasteiger charge is 2.18. The largest absolute Gasteiger partial charge is 0.497 e. The number of aromatic nitrogens is 2. The van der Waals surface area contributed by atoms with Gasteiger partial charge in [0, 0.05) is 18.3 Å². The molecule has 1 aliphatic rings. The third kappa shape index (κ3) is 3.92. The van der Waals surface area contributed by atoms with Gasteiger partial charge in [-0.1, -0.05) is 18.2 Å². The molecule has 34 heavy (non-hydrogen) atoms. The van der Waals surface area contributed by atoms with Crippen LogP contribution in [0.15, 0.2) is 58.3 Å². The number of nitrogens with one attached hydrogen (secondary N) is 1. The fraction of sp³-hybridized carbons (Fsp3) is 0.208. The summed E-state index contributed by atoms with van der Waals surface area (Å²) in [4.78, 5) is 39.7. The molecule has 0 atom stereocenters. The van der Waals surface area contributed by atoms with Gasteiger partial charge in [-0.25, -0.2) is 4.79 Å². The molecule has 3 heterocycles. The highest BCUT2D eigenvalue weighted by molar-refractivity contribution is 7.19. The van der Waals surface area contributed by atoms with Gasteiger partial charge in [-0.05, 0) is 42.3 Å². The molecule has 1 amide bonds. The molecule has 5 rings (SSSR count). The average Bonchev–Trinajstić information content (AvgIpc) is 3.51. The van der Waals surface area contributed by atoms with Gasteiger partial charge >= 0.3 is 5.69 Å². The molecular formula is C24H21N3O6S. The minimum atomic E-state index is -0.500. The zero-order chi connectivity index (χ0) is 23.8. The van der Waals surface area contributed by atoms with Crippen LogP contribution in [0.25, 0.3) is 4.83 Å². The van der Waals surface area contributed by atoms with E-state index in [0.717, 1.165) is 27.0 Å². The second kappa shape index (κ2) is 8.71. The molecule has 0 aliphatic carbocycles. The standard InChI is InChI=1S/C24H21N3O6S/c1-14-22(29)26(11-16-4-3-5-17(8-16)31-2)24(30)27-12-20(34-23(14)27)21(28)25-10-15-6-7-18-19(9-15)33-13-32-18/h3-9,12H,10-11,13H2,1-2H3,(H,25,28). The number of nitrogens with zero attached hydrogens (tertiary/aromatic N) is 2. The Kier molecular flexibility index (Phi) is 5.58. The molecule has 0 bridgehead atoms. The number of hydrogen-bond acceptors (Lipinski definition) is 7. The molecule has 0 saturated heterocycles. The Labute approximate surface area is 197 Å². The van der Waals surface area contributed by atoms with Crippen molar-refractivity contribution in [2.75, 3.05) is 13.9 Å². The van der Waals surface area contributed by atoms with Crippen molar-refractivity contribution in [2.24, 2.45) is 0 Å². The number of amides is 1. The van der Waals surface area contributed by atoms with Gasteiger partial charge in [-0.3, -0.25) is 18.6 Å². The van der Waals surface area contributed by atoms with Gasteiger partial charge in [-0.2, -0.15) is 0 Å². The Morgan fingerprint density at radius 3 is 2.76 bits per heavy atom. The Balaban J connectivity index is 1.41. The Morgan fingerprint density at radius 2 is 1.94 bits per heavy atom. The molecule has 1 N–H and O–H groups in total. The Bertz CT molecular complexity index is 1530. The zero-order valence-electron chi connectivity index (χ0n) is 18.5. The minimum absolute atomic E-state index is 0.0974. The number of carbonyl (C=O) groups excluding carboxylic acids is 1. The quantitative estimate of drug-likeness (QED) is 0.456. The van der Waals surface area contributed by atoms with E-state index in [9.17, 15) is 14.4 Å². The fourth-order valence-corrected chi connectivity index (χ4v) is 4.78. The van der Waals surface area contributed by atoms with Crippen LogP contribution in [0.2, 0.25) is 0 Å². The number of ether oxygens (including phenoxy) is 3. The third-order valence-electron chi connectivity index (χ3n) is 5.58. The number of thiazole rings is 1. The lowest BCUT2D eigenvalue weighted by molar-refractivity contribution is 0.0954. The molecule has 9 nitrogen and oxygen atoms in total. The van der Waals surface area contributed by atoms with Gasteiger partial charge in [0.25, 0.3) is 11.5 Å². The molecule has 0 saturated carbocycles. The van der Waals surface area contributed by atoms with E-state index in [0.29, 0.717) is 32.5 Å². The number of fused-ring (bicyclic) bond motifs is 2. The summed E-state index contributed by atoms with van der Waals surface area (Å²) in [6.45, 7) is 2.21. The topological polar surface area (TPSA) is 100 Å². The van der Waals surface area contributed by atoms with Crippen LogP contribution in [0.3, 0.4) is 0 Å². The summed E-state index contributed by atoms with van der Waals surface area (Å²) in [5.41, 5.74) is 1.13. The summed E-state index contributed by atoms with van der Waals surface area (Å²) in [6, 6.07) is 12.6. The average molecular weight is 480 g/mol. The first-order valence-corrected chi connectivity index (χ1v) is 11.3. The van der Waals surface area contributed by atoms with Crippen molar-refractivity contribution in [1.82, 2.24) is 14.3 Å². The van der Waals surface area contributed by atoms with Gasteiger partial charge in [-0.15, -0.1) is 11.3 Å².